The smallest absolute Gasteiger partial charge is 0.255 e. The van der Waals surface area contributed by atoms with E-state index in [2.05, 4.69) is 10.6 Å². The lowest BCUT2D eigenvalue weighted by Crippen LogP contribution is -2.32. The Morgan fingerprint density at radius 3 is 2.44 bits per heavy atom. The molecule has 0 atom stereocenters. The Hall–Kier alpha value is -3.07. The number of halogens is 2. The highest BCUT2D eigenvalue weighted by Crippen LogP contribution is 2.28. The molecule has 0 unspecified atom stereocenters. The van der Waals surface area contributed by atoms with Crippen molar-refractivity contribution in [3.05, 3.63) is 87.4 Å². The fourth-order valence-electron chi connectivity index (χ4n) is 4.03. The first-order chi connectivity index (χ1) is 17.1. The lowest BCUT2D eigenvalue weighted by molar-refractivity contribution is 0.101. The Balaban J connectivity index is 1.51. The predicted molar refractivity (Wildman–Crippen MR) is 145 cm³/mol. The molecule has 0 bridgehead atoms. The SMILES string of the molecule is Cc1cc(N2CCCCCS2(=O)=O)ccc1C(=O)Nc1ccc(Cl)c(NC(=O)c2cccc(Cl)c2)c1. The van der Waals surface area contributed by atoms with E-state index in [1.807, 2.05) is 0 Å². The first kappa shape index (κ1) is 26.0. The molecule has 0 spiro atoms. The number of carbonyl (C=O) groups is 2. The van der Waals surface area contributed by atoms with Crippen molar-refractivity contribution in [3.8, 4) is 0 Å². The van der Waals surface area contributed by atoms with Gasteiger partial charge in [-0.3, -0.25) is 13.9 Å². The highest BCUT2D eigenvalue weighted by molar-refractivity contribution is 7.92. The van der Waals surface area contributed by atoms with E-state index in [9.17, 15) is 18.0 Å². The monoisotopic (exact) mass is 545 g/mol. The van der Waals surface area contributed by atoms with Gasteiger partial charge in [-0.25, -0.2) is 8.42 Å². The third kappa shape index (κ3) is 6.00. The highest BCUT2D eigenvalue weighted by atomic mass is 35.5. The van der Waals surface area contributed by atoms with Crippen molar-refractivity contribution < 1.29 is 18.0 Å². The first-order valence-electron chi connectivity index (χ1n) is 11.4. The Morgan fingerprint density at radius 2 is 1.69 bits per heavy atom. The number of hydrogen-bond acceptors (Lipinski definition) is 4. The minimum absolute atomic E-state index is 0.126. The third-order valence-corrected chi connectivity index (χ3v) is 8.34. The molecule has 0 aromatic heterocycles. The van der Waals surface area contributed by atoms with E-state index in [-0.39, 0.29) is 11.7 Å². The molecule has 4 rings (SSSR count). The highest BCUT2D eigenvalue weighted by Gasteiger charge is 2.25. The van der Waals surface area contributed by atoms with Gasteiger partial charge in [-0.05, 0) is 79.9 Å². The zero-order valence-corrected chi connectivity index (χ0v) is 21.9. The van der Waals surface area contributed by atoms with E-state index in [1.54, 1.807) is 67.6 Å². The van der Waals surface area contributed by atoms with Crippen LogP contribution in [-0.2, 0) is 10.0 Å². The van der Waals surface area contributed by atoms with Crippen molar-refractivity contribution in [2.75, 3.05) is 27.2 Å². The Morgan fingerprint density at radius 1 is 0.889 bits per heavy atom. The molecule has 1 saturated heterocycles. The van der Waals surface area contributed by atoms with Gasteiger partial charge in [0.05, 0.1) is 22.2 Å². The van der Waals surface area contributed by atoms with Crippen LogP contribution in [0.5, 0.6) is 0 Å². The van der Waals surface area contributed by atoms with E-state index in [0.717, 1.165) is 12.8 Å². The summed E-state index contributed by atoms with van der Waals surface area (Å²) in [6, 6.07) is 16.3. The summed E-state index contributed by atoms with van der Waals surface area (Å²) >= 11 is 12.2. The molecule has 1 heterocycles. The van der Waals surface area contributed by atoms with Crippen LogP contribution in [0.4, 0.5) is 17.1 Å². The number of hydrogen-bond donors (Lipinski definition) is 2. The summed E-state index contributed by atoms with van der Waals surface area (Å²) in [6.45, 7) is 2.20. The van der Waals surface area contributed by atoms with Crippen molar-refractivity contribution in [3.63, 3.8) is 0 Å². The third-order valence-electron chi connectivity index (χ3n) is 5.90. The van der Waals surface area contributed by atoms with Crippen LogP contribution < -0.4 is 14.9 Å². The molecule has 0 saturated carbocycles. The largest absolute Gasteiger partial charge is 0.322 e. The molecular formula is C26H25Cl2N3O4S. The molecule has 0 aliphatic carbocycles. The molecule has 0 radical (unpaired) electrons. The summed E-state index contributed by atoms with van der Waals surface area (Å²) in [4.78, 5) is 25.6. The number of amides is 2. The molecule has 188 valence electrons. The minimum Gasteiger partial charge on any atom is -0.322 e. The Labute approximate surface area is 220 Å². The molecular weight excluding hydrogens is 521 g/mol. The van der Waals surface area contributed by atoms with E-state index in [0.29, 0.717) is 56.8 Å². The van der Waals surface area contributed by atoms with Crippen LogP contribution in [0.2, 0.25) is 10.0 Å². The molecule has 1 fully saturated rings. The number of nitrogens with one attached hydrogen (secondary N) is 2. The van der Waals surface area contributed by atoms with Crippen molar-refractivity contribution in [2.24, 2.45) is 0 Å². The molecule has 36 heavy (non-hydrogen) atoms. The number of benzene rings is 3. The second-order valence-electron chi connectivity index (χ2n) is 8.56. The summed E-state index contributed by atoms with van der Waals surface area (Å²) in [6.07, 6.45) is 2.33. The lowest BCUT2D eigenvalue weighted by atomic mass is 10.1. The van der Waals surface area contributed by atoms with E-state index >= 15 is 0 Å². The van der Waals surface area contributed by atoms with E-state index < -0.39 is 15.9 Å². The van der Waals surface area contributed by atoms with Gasteiger partial charge in [0.25, 0.3) is 11.8 Å². The maximum absolute atomic E-state index is 13.0. The van der Waals surface area contributed by atoms with Crippen LogP contribution in [0.15, 0.2) is 60.7 Å². The molecule has 3 aromatic rings. The van der Waals surface area contributed by atoms with Crippen LogP contribution in [0.1, 0.15) is 45.5 Å². The van der Waals surface area contributed by atoms with Crippen LogP contribution in [-0.4, -0.2) is 32.5 Å². The van der Waals surface area contributed by atoms with E-state index in [4.69, 9.17) is 23.2 Å². The van der Waals surface area contributed by atoms with Gasteiger partial charge in [0.2, 0.25) is 10.0 Å². The number of rotatable bonds is 5. The normalized spacial score (nSPS) is 15.1. The quantitative estimate of drug-likeness (QED) is 0.403. The second-order valence-corrected chi connectivity index (χ2v) is 11.4. The molecule has 2 N–H and O–H groups in total. The van der Waals surface area contributed by atoms with Crippen molar-refractivity contribution in [2.45, 2.75) is 26.2 Å². The number of anilines is 3. The van der Waals surface area contributed by atoms with E-state index in [1.165, 1.54) is 4.31 Å². The number of aryl methyl sites for hydroxylation is 1. The maximum Gasteiger partial charge on any atom is 0.255 e. The molecule has 7 nitrogen and oxygen atoms in total. The van der Waals surface area contributed by atoms with Gasteiger partial charge in [0, 0.05) is 28.4 Å². The van der Waals surface area contributed by atoms with Crippen LogP contribution in [0, 0.1) is 6.92 Å². The van der Waals surface area contributed by atoms with Crippen LogP contribution in [0.3, 0.4) is 0 Å². The topological polar surface area (TPSA) is 95.6 Å². The van der Waals surface area contributed by atoms with Gasteiger partial charge in [0.1, 0.15) is 0 Å². The fourth-order valence-corrected chi connectivity index (χ4v) is 6.02. The number of nitrogens with zero attached hydrogens (tertiary/aromatic N) is 1. The Bertz CT molecular complexity index is 1430. The minimum atomic E-state index is -3.37. The summed E-state index contributed by atoms with van der Waals surface area (Å²) in [5.41, 5.74) is 2.75. The second kappa shape index (κ2) is 10.9. The number of sulfonamides is 1. The summed E-state index contributed by atoms with van der Waals surface area (Å²) in [5, 5.41) is 6.29. The van der Waals surface area contributed by atoms with Gasteiger partial charge in [0.15, 0.2) is 0 Å². The zero-order valence-electron chi connectivity index (χ0n) is 19.6. The maximum atomic E-state index is 13.0. The average molecular weight is 546 g/mol. The number of carbonyl (C=O) groups excluding carboxylic acids is 2. The van der Waals surface area contributed by atoms with Crippen LogP contribution >= 0.6 is 23.2 Å². The average Bonchev–Trinajstić information content (AvgIpc) is 3.01. The molecule has 1 aliphatic heterocycles. The van der Waals surface area contributed by atoms with Crippen LogP contribution in [0.25, 0.3) is 0 Å². The van der Waals surface area contributed by atoms with Gasteiger partial charge in [-0.15, -0.1) is 0 Å². The standard InChI is InChI=1S/C26H25Cl2N3O4S/c1-17-14-21(31-12-3-2-4-13-36(31,34)35)9-10-22(17)26(33)29-20-8-11-23(28)24(16-20)30-25(32)18-6-5-7-19(27)15-18/h5-11,14-16H,2-4,12-13H2,1H3,(H,29,33)(H,30,32). The molecule has 3 aromatic carbocycles. The fraction of sp³-hybridized carbons (Fsp3) is 0.231. The van der Waals surface area contributed by atoms with Crippen molar-refractivity contribution >= 4 is 62.1 Å². The summed E-state index contributed by atoms with van der Waals surface area (Å²) in [5.74, 6) is -0.633. The summed E-state index contributed by atoms with van der Waals surface area (Å²) in [7, 11) is -3.37. The molecule has 10 heteroatoms. The summed E-state index contributed by atoms with van der Waals surface area (Å²) < 4.78 is 26.7. The zero-order chi connectivity index (χ0) is 25.9. The molecule has 1 aliphatic rings. The van der Waals surface area contributed by atoms with Crippen molar-refractivity contribution in [1.29, 1.82) is 0 Å². The predicted octanol–water partition coefficient (Wildman–Crippen LogP) is 6.13. The van der Waals surface area contributed by atoms with Gasteiger partial charge in [-0.1, -0.05) is 35.7 Å². The van der Waals surface area contributed by atoms with Gasteiger partial charge in [-0.2, -0.15) is 0 Å². The van der Waals surface area contributed by atoms with Gasteiger partial charge < -0.3 is 10.6 Å². The first-order valence-corrected chi connectivity index (χ1v) is 13.8. The molecule has 2 amide bonds. The lowest BCUT2D eigenvalue weighted by Gasteiger charge is -2.23. The van der Waals surface area contributed by atoms with Gasteiger partial charge >= 0.3 is 0 Å². The Kier molecular flexibility index (Phi) is 7.88. The van der Waals surface area contributed by atoms with Crippen molar-refractivity contribution in [1.82, 2.24) is 0 Å².